The van der Waals surface area contributed by atoms with Crippen LogP contribution >= 0.6 is 15.9 Å². The molecular weight excluding hydrogens is 292 g/mol. The van der Waals surface area contributed by atoms with Gasteiger partial charge in [0.1, 0.15) is 17.5 Å². The van der Waals surface area contributed by atoms with Crippen LogP contribution in [0, 0.1) is 0 Å². The molecule has 0 bridgehead atoms. The van der Waals surface area contributed by atoms with Crippen molar-refractivity contribution in [3.05, 3.63) is 0 Å². The van der Waals surface area contributed by atoms with Gasteiger partial charge in [-0.1, -0.05) is 15.9 Å². The Morgan fingerprint density at radius 3 is 2.24 bits per heavy atom. The van der Waals surface area contributed by atoms with Gasteiger partial charge in [0, 0.05) is 0 Å². The summed E-state index contributed by atoms with van der Waals surface area (Å²) >= 11 is 2.97. The summed E-state index contributed by atoms with van der Waals surface area (Å²) in [6, 6.07) is 0. The fraction of sp³-hybridized carbons (Fsp3) is 0.818. The van der Waals surface area contributed by atoms with E-state index in [0.717, 1.165) is 0 Å². The summed E-state index contributed by atoms with van der Waals surface area (Å²) < 4.78 is 15.0. The van der Waals surface area contributed by atoms with Gasteiger partial charge in [0.15, 0.2) is 0 Å². The summed E-state index contributed by atoms with van der Waals surface area (Å²) in [5, 5.41) is 0.172. The lowest BCUT2D eigenvalue weighted by Gasteiger charge is -2.19. The molecule has 0 saturated heterocycles. The molecule has 0 radical (unpaired) electrons. The van der Waals surface area contributed by atoms with E-state index in [4.69, 9.17) is 14.2 Å². The summed E-state index contributed by atoms with van der Waals surface area (Å²) in [5.74, 6) is -0.629. The van der Waals surface area contributed by atoms with Crippen LogP contribution in [-0.2, 0) is 23.8 Å². The van der Waals surface area contributed by atoms with E-state index < -0.39 is 5.60 Å². The van der Waals surface area contributed by atoms with Crippen LogP contribution in [0.15, 0.2) is 0 Å². The molecule has 0 amide bonds. The molecule has 0 rings (SSSR count). The Hall–Kier alpha value is -0.620. The average molecular weight is 311 g/mol. The van der Waals surface area contributed by atoms with Crippen molar-refractivity contribution >= 4 is 27.9 Å². The molecule has 0 aromatic rings. The Kier molecular flexibility index (Phi) is 8.16. The smallest absolute Gasteiger partial charge is 0.316 e. The zero-order valence-electron chi connectivity index (χ0n) is 10.5. The largest absolute Gasteiger partial charge is 0.463 e. The van der Waals surface area contributed by atoms with E-state index in [1.807, 2.05) is 20.8 Å². The Morgan fingerprint density at radius 2 is 1.71 bits per heavy atom. The topological polar surface area (TPSA) is 61.8 Å². The zero-order valence-corrected chi connectivity index (χ0v) is 12.0. The molecule has 0 aromatic carbocycles. The van der Waals surface area contributed by atoms with Gasteiger partial charge < -0.3 is 14.2 Å². The van der Waals surface area contributed by atoms with Crippen LogP contribution in [-0.4, -0.2) is 42.7 Å². The van der Waals surface area contributed by atoms with Crippen LogP contribution in [0.4, 0.5) is 0 Å². The molecular formula is C11H19BrO5. The predicted molar refractivity (Wildman–Crippen MR) is 66.0 cm³/mol. The first-order valence-corrected chi connectivity index (χ1v) is 6.48. The lowest BCUT2D eigenvalue weighted by molar-refractivity contribution is -0.156. The van der Waals surface area contributed by atoms with Crippen molar-refractivity contribution in [3.63, 3.8) is 0 Å². The quantitative estimate of drug-likeness (QED) is 0.407. The monoisotopic (exact) mass is 310 g/mol. The van der Waals surface area contributed by atoms with E-state index in [0.29, 0.717) is 0 Å². The second kappa shape index (κ2) is 8.47. The number of carbonyl (C=O) groups excluding carboxylic acids is 2. The van der Waals surface area contributed by atoms with E-state index in [1.54, 1.807) is 0 Å². The van der Waals surface area contributed by atoms with Crippen molar-refractivity contribution in [2.24, 2.45) is 0 Å². The summed E-state index contributed by atoms with van der Waals surface area (Å²) in [4.78, 5) is 22.0. The summed E-state index contributed by atoms with van der Waals surface area (Å²) in [6.45, 7) is 6.17. The maximum absolute atomic E-state index is 11.3. The molecule has 17 heavy (non-hydrogen) atoms. The lowest BCUT2D eigenvalue weighted by Crippen LogP contribution is -2.24. The van der Waals surface area contributed by atoms with Gasteiger partial charge in [-0.25, -0.2) is 0 Å². The van der Waals surface area contributed by atoms with Gasteiger partial charge in [0.05, 0.1) is 19.6 Å². The lowest BCUT2D eigenvalue weighted by atomic mass is 10.2. The number of hydrogen-bond donors (Lipinski definition) is 0. The van der Waals surface area contributed by atoms with Crippen LogP contribution in [0.2, 0.25) is 0 Å². The van der Waals surface area contributed by atoms with Crippen molar-refractivity contribution in [1.82, 2.24) is 0 Å². The Labute approximate surface area is 110 Å². The van der Waals surface area contributed by atoms with Crippen LogP contribution in [0.5, 0.6) is 0 Å². The predicted octanol–water partition coefficient (Wildman–Crippen LogP) is 1.67. The Morgan fingerprint density at radius 1 is 1.06 bits per heavy atom. The number of carbonyl (C=O) groups is 2. The summed E-state index contributed by atoms with van der Waals surface area (Å²) in [5.41, 5.74) is -0.470. The van der Waals surface area contributed by atoms with E-state index in [1.165, 1.54) is 0 Å². The highest BCUT2D eigenvalue weighted by Gasteiger charge is 2.15. The van der Waals surface area contributed by atoms with Crippen molar-refractivity contribution in [1.29, 1.82) is 0 Å². The number of esters is 2. The first-order chi connectivity index (χ1) is 7.85. The third kappa shape index (κ3) is 11.6. The first kappa shape index (κ1) is 16.4. The highest BCUT2D eigenvalue weighted by atomic mass is 79.9. The normalized spacial score (nSPS) is 11.1. The maximum Gasteiger partial charge on any atom is 0.316 e. The minimum Gasteiger partial charge on any atom is -0.463 e. The van der Waals surface area contributed by atoms with Crippen molar-refractivity contribution in [2.75, 3.05) is 25.2 Å². The van der Waals surface area contributed by atoms with E-state index in [2.05, 4.69) is 15.9 Å². The van der Waals surface area contributed by atoms with E-state index in [-0.39, 0.29) is 43.5 Å². The molecule has 0 aromatic heterocycles. The van der Waals surface area contributed by atoms with Gasteiger partial charge in [0.2, 0.25) is 0 Å². The maximum atomic E-state index is 11.3. The number of hydrogen-bond acceptors (Lipinski definition) is 5. The molecule has 0 aliphatic heterocycles. The van der Waals surface area contributed by atoms with Gasteiger partial charge in [-0.2, -0.15) is 0 Å². The van der Waals surface area contributed by atoms with Crippen LogP contribution < -0.4 is 0 Å². The second-order valence-electron chi connectivity index (χ2n) is 4.30. The third-order valence-electron chi connectivity index (χ3n) is 1.47. The fourth-order valence-electron chi connectivity index (χ4n) is 0.903. The minimum atomic E-state index is -0.470. The molecule has 0 atom stereocenters. The van der Waals surface area contributed by atoms with Gasteiger partial charge in [-0.05, 0) is 20.8 Å². The van der Waals surface area contributed by atoms with E-state index in [9.17, 15) is 9.59 Å². The van der Waals surface area contributed by atoms with Crippen LogP contribution in [0.1, 0.15) is 27.2 Å². The molecule has 0 N–H and O–H groups in total. The van der Waals surface area contributed by atoms with Crippen molar-refractivity contribution in [2.45, 2.75) is 32.8 Å². The molecule has 0 heterocycles. The summed E-state index contributed by atoms with van der Waals surface area (Å²) in [6.07, 6.45) is 0.198. The highest BCUT2D eigenvalue weighted by Crippen LogP contribution is 2.07. The molecule has 6 heteroatoms. The molecule has 0 aliphatic rings. The highest BCUT2D eigenvalue weighted by molar-refractivity contribution is 9.09. The standard InChI is InChI=1S/C11H19BrO5/c1-11(2,3)17-9(13)4-5-15-6-7-16-10(14)8-12/h4-8H2,1-3H3. The minimum absolute atomic E-state index is 0.172. The molecule has 0 fully saturated rings. The first-order valence-electron chi connectivity index (χ1n) is 5.36. The fourth-order valence-corrected chi connectivity index (χ4v) is 1.06. The number of ether oxygens (including phenoxy) is 3. The SMILES string of the molecule is CC(C)(C)OC(=O)CCOCCOC(=O)CBr. The molecule has 0 unspecified atom stereocenters. The molecule has 5 nitrogen and oxygen atoms in total. The Bertz CT molecular complexity index is 247. The average Bonchev–Trinajstić information content (AvgIpc) is 2.20. The molecule has 0 aliphatic carbocycles. The third-order valence-corrected chi connectivity index (χ3v) is 1.93. The second-order valence-corrected chi connectivity index (χ2v) is 4.86. The Balaban J connectivity index is 3.40. The zero-order chi connectivity index (χ0) is 13.3. The van der Waals surface area contributed by atoms with Crippen LogP contribution in [0.25, 0.3) is 0 Å². The van der Waals surface area contributed by atoms with Gasteiger partial charge >= 0.3 is 11.9 Å². The molecule has 0 saturated carbocycles. The number of alkyl halides is 1. The van der Waals surface area contributed by atoms with Gasteiger partial charge in [-0.15, -0.1) is 0 Å². The van der Waals surface area contributed by atoms with Gasteiger partial charge in [0.25, 0.3) is 0 Å². The molecule has 0 spiro atoms. The number of rotatable bonds is 7. The van der Waals surface area contributed by atoms with Crippen molar-refractivity contribution in [3.8, 4) is 0 Å². The summed E-state index contributed by atoms with van der Waals surface area (Å²) in [7, 11) is 0. The van der Waals surface area contributed by atoms with Crippen molar-refractivity contribution < 1.29 is 23.8 Å². The van der Waals surface area contributed by atoms with Gasteiger partial charge in [-0.3, -0.25) is 9.59 Å². The number of halogens is 1. The van der Waals surface area contributed by atoms with Crippen LogP contribution in [0.3, 0.4) is 0 Å². The van der Waals surface area contributed by atoms with E-state index >= 15 is 0 Å². The molecule has 100 valence electrons.